The Morgan fingerprint density at radius 2 is 2.17 bits per heavy atom. The number of carbonyl (C=O) groups is 2. The Hall–Kier alpha value is -2.10. The lowest BCUT2D eigenvalue weighted by molar-refractivity contribution is -0.137. The van der Waals surface area contributed by atoms with Crippen molar-refractivity contribution in [2.45, 2.75) is 13.8 Å². The minimum Gasteiger partial charge on any atom is -0.344 e. The van der Waals surface area contributed by atoms with Gasteiger partial charge in [0, 0.05) is 18.8 Å². The third kappa shape index (κ3) is 3.45. The Kier molecular flexibility index (Phi) is 5.11. The van der Waals surface area contributed by atoms with Crippen LogP contribution in [0.4, 0.5) is 5.69 Å². The summed E-state index contributed by atoms with van der Waals surface area (Å²) < 4.78 is 0. The van der Waals surface area contributed by atoms with Gasteiger partial charge < -0.3 is 10.2 Å². The number of nitrogens with one attached hydrogen (secondary N) is 1. The fourth-order valence-electron chi connectivity index (χ4n) is 1.60. The number of anilines is 1. The van der Waals surface area contributed by atoms with Crippen molar-refractivity contribution in [3.05, 3.63) is 42.5 Å². The van der Waals surface area contributed by atoms with Gasteiger partial charge in [0.2, 0.25) is 0 Å². The summed E-state index contributed by atoms with van der Waals surface area (Å²) in [6.45, 7) is 8.00. The molecule has 18 heavy (non-hydrogen) atoms. The third-order valence-electron chi connectivity index (χ3n) is 2.48. The fraction of sp³-hybridized carbons (Fsp3) is 0.286. The molecule has 0 aliphatic heterocycles. The smallest absolute Gasteiger partial charge is 0.316 e. The van der Waals surface area contributed by atoms with E-state index in [1.807, 2.05) is 38.1 Å². The number of hydrogen-bond donors (Lipinski definition) is 1. The van der Waals surface area contributed by atoms with Crippen molar-refractivity contribution < 1.29 is 9.59 Å². The lowest BCUT2D eigenvalue weighted by Gasteiger charge is -2.20. The van der Waals surface area contributed by atoms with Crippen LogP contribution in [-0.2, 0) is 9.59 Å². The maximum absolute atomic E-state index is 12.0. The Morgan fingerprint density at radius 1 is 1.44 bits per heavy atom. The third-order valence-corrected chi connectivity index (χ3v) is 2.48. The highest BCUT2D eigenvalue weighted by Crippen LogP contribution is 2.15. The first-order chi connectivity index (χ1) is 8.60. The minimum atomic E-state index is -0.613. The predicted molar refractivity (Wildman–Crippen MR) is 72.4 cm³/mol. The van der Waals surface area contributed by atoms with Crippen molar-refractivity contribution in [2.75, 3.05) is 18.0 Å². The van der Waals surface area contributed by atoms with Crippen molar-refractivity contribution in [2.24, 2.45) is 0 Å². The molecular formula is C14H18N2O2. The number of amides is 2. The molecule has 96 valence electrons. The molecule has 1 N–H and O–H groups in total. The largest absolute Gasteiger partial charge is 0.344 e. The molecule has 4 nitrogen and oxygen atoms in total. The Labute approximate surface area is 107 Å². The highest BCUT2D eigenvalue weighted by molar-refractivity contribution is 6.40. The van der Waals surface area contributed by atoms with E-state index in [1.54, 1.807) is 0 Å². The highest BCUT2D eigenvalue weighted by Gasteiger charge is 2.21. The average Bonchev–Trinajstić information content (AvgIpc) is 2.36. The van der Waals surface area contributed by atoms with Gasteiger partial charge in [-0.1, -0.05) is 18.2 Å². The molecule has 0 aromatic heterocycles. The number of benzene rings is 1. The summed E-state index contributed by atoms with van der Waals surface area (Å²) in [6.07, 6.45) is 1.54. The van der Waals surface area contributed by atoms with Gasteiger partial charge in [0.1, 0.15) is 0 Å². The molecule has 0 fully saturated rings. The lowest BCUT2D eigenvalue weighted by Crippen LogP contribution is -2.43. The van der Waals surface area contributed by atoms with Crippen molar-refractivity contribution in [3.63, 3.8) is 0 Å². The van der Waals surface area contributed by atoms with Crippen LogP contribution in [0.2, 0.25) is 0 Å². The fourth-order valence-corrected chi connectivity index (χ4v) is 1.60. The molecular weight excluding hydrogens is 228 g/mol. The van der Waals surface area contributed by atoms with E-state index in [0.717, 1.165) is 11.3 Å². The van der Waals surface area contributed by atoms with Gasteiger partial charge in [0.15, 0.2) is 0 Å². The molecule has 0 spiro atoms. The molecule has 0 atom stereocenters. The Bertz CT molecular complexity index is 455. The van der Waals surface area contributed by atoms with E-state index in [0.29, 0.717) is 6.54 Å². The van der Waals surface area contributed by atoms with Crippen LogP contribution in [-0.4, -0.2) is 24.9 Å². The monoisotopic (exact) mass is 246 g/mol. The number of rotatable bonds is 4. The van der Waals surface area contributed by atoms with Crippen molar-refractivity contribution in [3.8, 4) is 0 Å². The Balaban J connectivity index is 2.86. The molecule has 1 aromatic rings. The minimum absolute atomic E-state index is 0.288. The average molecular weight is 246 g/mol. The molecule has 2 amide bonds. The summed E-state index contributed by atoms with van der Waals surface area (Å²) in [5, 5.41) is 2.48. The number of likely N-dealkylation sites (N-methyl/N-ethyl adjacent to an activating group) is 1. The second-order valence-electron chi connectivity index (χ2n) is 3.89. The summed E-state index contributed by atoms with van der Waals surface area (Å²) in [6, 6.07) is 7.50. The SMILES string of the molecule is C=CCNC(=O)C(=O)N(CC)c1cccc(C)c1. The molecule has 0 aliphatic carbocycles. The molecule has 0 radical (unpaired) electrons. The number of carbonyl (C=O) groups excluding carboxylic acids is 2. The van der Waals surface area contributed by atoms with Crippen LogP contribution >= 0.6 is 0 Å². The predicted octanol–water partition coefficient (Wildman–Crippen LogP) is 1.65. The quantitative estimate of drug-likeness (QED) is 0.648. The maximum Gasteiger partial charge on any atom is 0.316 e. The van der Waals surface area contributed by atoms with E-state index >= 15 is 0 Å². The van der Waals surface area contributed by atoms with Gasteiger partial charge in [-0.15, -0.1) is 6.58 Å². The normalized spacial score (nSPS) is 9.67. The lowest BCUT2D eigenvalue weighted by atomic mass is 10.2. The van der Waals surface area contributed by atoms with E-state index in [-0.39, 0.29) is 6.54 Å². The van der Waals surface area contributed by atoms with Gasteiger partial charge in [0.05, 0.1) is 0 Å². The molecule has 1 rings (SSSR count). The summed E-state index contributed by atoms with van der Waals surface area (Å²) in [5.74, 6) is -1.16. The number of aryl methyl sites for hydroxylation is 1. The number of nitrogens with zero attached hydrogens (tertiary/aromatic N) is 1. The summed E-state index contributed by atoms with van der Waals surface area (Å²) in [7, 11) is 0. The zero-order chi connectivity index (χ0) is 13.5. The van der Waals surface area contributed by atoms with Crippen LogP contribution in [0.3, 0.4) is 0 Å². The van der Waals surface area contributed by atoms with Gasteiger partial charge in [0.25, 0.3) is 0 Å². The molecule has 1 aromatic carbocycles. The van der Waals surface area contributed by atoms with Crippen molar-refractivity contribution >= 4 is 17.5 Å². The van der Waals surface area contributed by atoms with Crippen LogP contribution in [0.25, 0.3) is 0 Å². The molecule has 0 heterocycles. The highest BCUT2D eigenvalue weighted by atomic mass is 16.2. The number of hydrogen-bond acceptors (Lipinski definition) is 2. The topological polar surface area (TPSA) is 49.4 Å². The van der Waals surface area contributed by atoms with Crippen LogP contribution in [0.1, 0.15) is 12.5 Å². The second kappa shape index (κ2) is 6.59. The van der Waals surface area contributed by atoms with Crippen molar-refractivity contribution in [1.82, 2.24) is 5.32 Å². The molecule has 0 saturated heterocycles. The molecule has 4 heteroatoms. The first-order valence-corrected chi connectivity index (χ1v) is 5.87. The van der Waals surface area contributed by atoms with Gasteiger partial charge >= 0.3 is 11.8 Å². The molecule has 0 saturated carbocycles. The van der Waals surface area contributed by atoms with Gasteiger partial charge in [-0.3, -0.25) is 9.59 Å². The molecule has 0 unspecified atom stereocenters. The van der Waals surface area contributed by atoms with E-state index in [2.05, 4.69) is 11.9 Å². The standard InChI is InChI=1S/C14H18N2O2/c1-4-9-15-13(17)14(18)16(5-2)12-8-6-7-11(3)10-12/h4,6-8,10H,1,5,9H2,2-3H3,(H,15,17). The van der Waals surface area contributed by atoms with Crippen LogP contribution in [0.15, 0.2) is 36.9 Å². The summed E-state index contributed by atoms with van der Waals surface area (Å²) in [5.41, 5.74) is 1.78. The Morgan fingerprint density at radius 3 is 2.72 bits per heavy atom. The molecule has 0 bridgehead atoms. The van der Waals surface area contributed by atoms with E-state index in [4.69, 9.17) is 0 Å². The van der Waals surface area contributed by atoms with Gasteiger partial charge in [-0.05, 0) is 31.5 Å². The van der Waals surface area contributed by atoms with E-state index in [9.17, 15) is 9.59 Å². The second-order valence-corrected chi connectivity index (χ2v) is 3.89. The first kappa shape index (κ1) is 14.0. The summed E-state index contributed by atoms with van der Waals surface area (Å²) >= 11 is 0. The van der Waals surface area contributed by atoms with Crippen molar-refractivity contribution in [1.29, 1.82) is 0 Å². The van der Waals surface area contributed by atoms with Crippen LogP contribution in [0, 0.1) is 6.92 Å². The zero-order valence-corrected chi connectivity index (χ0v) is 10.8. The van der Waals surface area contributed by atoms with E-state index < -0.39 is 11.8 Å². The summed E-state index contributed by atoms with van der Waals surface area (Å²) in [4.78, 5) is 25.0. The molecule has 0 aliphatic rings. The first-order valence-electron chi connectivity index (χ1n) is 5.87. The van der Waals surface area contributed by atoms with Crippen LogP contribution < -0.4 is 10.2 Å². The van der Waals surface area contributed by atoms with Crippen LogP contribution in [0.5, 0.6) is 0 Å². The van der Waals surface area contributed by atoms with Gasteiger partial charge in [-0.2, -0.15) is 0 Å². The zero-order valence-electron chi connectivity index (χ0n) is 10.8. The maximum atomic E-state index is 12.0. The van der Waals surface area contributed by atoms with E-state index in [1.165, 1.54) is 11.0 Å². The van der Waals surface area contributed by atoms with Gasteiger partial charge in [-0.25, -0.2) is 0 Å².